The Morgan fingerprint density at radius 2 is 1.68 bits per heavy atom. The number of methoxy groups -OCH3 is 1. The van der Waals surface area contributed by atoms with Crippen molar-refractivity contribution in [3.63, 3.8) is 0 Å². The van der Waals surface area contributed by atoms with Crippen molar-refractivity contribution >= 4 is 67.1 Å². The molecule has 4 rings (SSSR count). The van der Waals surface area contributed by atoms with Crippen LogP contribution in [0.25, 0.3) is 10.8 Å². The van der Waals surface area contributed by atoms with Crippen molar-refractivity contribution in [2.24, 2.45) is 10.2 Å². The molecule has 0 atom stereocenters. The summed E-state index contributed by atoms with van der Waals surface area (Å²) >= 11 is 12.3. The van der Waals surface area contributed by atoms with Crippen LogP contribution in [0.5, 0.6) is 11.5 Å². The summed E-state index contributed by atoms with van der Waals surface area (Å²) in [5.74, 6) is -0.986. The third-order valence-corrected chi connectivity index (χ3v) is 7.09. The molecule has 0 bridgehead atoms. The molecular formula is C25H18Cl2N3NaO6S. The Kier molecular flexibility index (Phi) is 9.43. The van der Waals surface area contributed by atoms with Crippen LogP contribution in [0.1, 0.15) is 15.9 Å². The van der Waals surface area contributed by atoms with Crippen LogP contribution in [-0.2, 0) is 10.1 Å². The second-order valence-electron chi connectivity index (χ2n) is 7.82. The molecule has 0 aliphatic rings. The molecule has 4 aromatic rings. The maximum atomic E-state index is 13.4. The Bertz CT molecular complexity index is 1700. The molecule has 190 valence electrons. The zero-order valence-electron chi connectivity index (χ0n) is 20.3. The maximum Gasteiger partial charge on any atom is 1.00 e. The number of benzene rings is 4. The van der Waals surface area contributed by atoms with Crippen LogP contribution < -0.4 is 44.7 Å². The van der Waals surface area contributed by atoms with Crippen molar-refractivity contribution in [1.29, 1.82) is 0 Å². The molecule has 0 radical (unpaired) electrons. The largest absolute Gasteiger partial charge is 1.00 e. The van der Waals surface area contributed by atoms with Gasteiger partial charge >= 0.3 is 29.6 Å². The van der Waals surface area contributed by atoms with Gasteiger partial charge < -0.3 is 15.2 Å². The molecule has 0 unspecified atom stereocenters. The Balaban J connectivity index is 0.00000400. The van der Waals surface area contributed by atoms with E-state index in [1.807, 2.05) is 0 Å². The van der Waals surface area contributed by atoms with E-state index < -0.39 is 26.7 Å². The van der Waals surface area contributed by atoms with Gasteiger partial charge in [-0.1, -0.05) is 53.2 Å². The number of hydrogen-bond donors (Lipinski definition) is 2. The number of azo groups is 1. The van der Waals surface area contributed by atoms with Crippen LogP contribution in [0.15, 0.2) is 75.8 Å². The van der Waals surface area contributed by atoms with E-state index in [0.717, 1.165) is 6.07 Å². The van der Waals surface area contributed by atoms with Crippen LogP contribution in [0.4, 0.5) is 17.1 Å². The summed E-state index contributed by atoms with van der Waals surface area (Å²) in [6, 6.07) is 15.2. The summed E-state index contributed by atoms with van der Waals surface area (Å²) < 4.78 is 37.9. The molecule has 0 aromatic heterocycles. The first kappa shape index (κ1) is 29.9. The number of halogens is 2. The second-order valence-corrected chi connectivity index (χ2v) is 10.0. The smallest absolute Gasteiger partial charge is 0.870 e. The first-order valence-electron chi connectivity index (χ1n) is 10.6. The molecule has 0 spiro atoms. The fourth-order valence-electron chi connectivity index (χ4n) is 3.67. The van der Waals surface area contributed by atoms with E-state index in [9.17, 15) is 22.9 Å². The zero-order chi connectivity index (χ0) is 26.9. The van der Waals surface area contributed by atoms with Gasteiger partial charge in [-0.25, -0.2) is 0 Å². The predicted molar refractivity (Wildman–Crippen MR) is 140 cm³/mol. The summed E-state index contributed by atoms with van der Waals surface area (Å²) in [6.07, 6.45) is 0. The standard InChI is InChI=1S/C25H19Cl2N3O6S.Na/c1-13-21(37(33,34)35)10-8-18(26)22(13)29-30-23-16-6-4-3-5-14(16)11-17(24(23)31)25(32)28-15-7-9-20(36-2)19(27)12-15;/h3-12,31H,1-2H3,(H,28,32)(H,33,34,35);/q;+1/p-1. The molecule has 9 nitrogen and oxygen atoms in total. The molecule has 0 saturated carbocycles. The number of nitrogens with zero attached hydrogens (tertiary/aromatic N) is 2. The summed E-state index contributed by atoms with van der Waals surface area (Å²) in [7, 11) is -3.09. The van der Waals surface area contributed by atoms with Crippen LogP contribution in [0.2, 0.25) is 10.0 Å². The van der Waals surface area contributed by atoms with E-state index in [1.165, 1.54) is 32.2 Å². The van der Waals surface area contributed by atoms with E-state index >= 15 is 0 Å². The van der Waals surface area contributed by atoms with Crippen LogP contribution in [-0.4, -0.2) is 26.0 Å². The van der Waals surface area contributed by atoms with Crippen molar-refractivity contribution in [2.75, 3.05) is 12.4 Å². The molecule has 1 amide bonds. The normalized spacial score (nSPS) is 11.4. The van der Waals surface area contributed by atoms with Crippen molar-refractivity contribution in [3.05, 3.63) is 81.8 Å². The van der Waals surface area contributed by atoms with Crippen LogP contribution in [0.3, 0.4) is 0 Å². The number of amides is 1. The Morgan fingerprint density at radius 1 is 1.00 bits per heavy atom. The summed E-state index contributed by atoms with van der Waals surface area (Å²) in [4.78, 5) is 12.7. The van der Waals surface area contributed by atoms with Gasteiger partial charge in [-0.2, -0.15) is 13.5 Å². The van der Waals surface area contributed by atoms with Gasteiger partial charge in [0, 0.05) is 16.6 Å². The number of rotatable bonds is 6. The monoisotopic (exact) mass is 581 g/mol. The average molecular weight is 582 g/mol. The Hall–Kier alpha value is -2.70. The van der Waals surface area contributed by atoms with Gasteiger partial charge in [-0.3, -0.25) is 9.35 Å². The minimum Gasteiger partial charge on any atom is -0.870 e. The first-order chi connectivity index (χ1) is 17.5. The molecular weight excluding hydrogens is 564 g/mol. The van der Waals surface area contributed by atoms with E-state index in [-0.39, 0.29) is 62.1 Å². The number of ether oxygens (including phenoxy) is 1. The fourth-order valence-corrected chi connectivity index (χ4v) is 4.89. The Labute approximate surface area is 250 Å². The van der Waals surface area contributed by atoms with Gasteiger partial charge in [0.05, 0.1) is 27.7 Å². The molecule has 0 heterocycles. The van der Waals surface area contributed by atoms with Gasteiger partial charge in [-0.05, 0) is 54.3 Å². The number of nitrogens with one attached hydrogen (secondary N) is 1. The summed E-state index contributed by atoms with van der Waals surface area (Å²) in [6.45, 7) is 1.39. The van der Waals surface area contributed by atoms with E-state index in [2.05, 4.69) is 15.5 Å². The number of anilines is 1. The molecule has 0 saturated heterocycles. The topological polar surface area (TPSA) is 140 Å². The van der Waals surface area contributed by atoms with Crippen molar-refractivity contribution < 1.29 is 57.2 Å². The third-order valence-electron chi connectivity index (χ3n) is 5.49. The van der Waals surface area contributed by atoms with E-state index in [0.29, 0.717) is 22.2 Å². The zero-order valence-corrected chi connectivity index (χ0v) is 24.6. The van der Waals surface area contributed by atoms with Gasteiger partial charge in [0.2, 0.25) is 0 Å². The third kappa shape index (κ3) is 6.13. The number of carbonyl (C=O) groups excluding carboxylic acids is 1. The minimum atomic E-state index is -4.55. The molecule has 0 aliphatic carbocycles. The van der Waals surface area contributed by atoms with Crippen LogP contribution >= 0.6 is 23.2 Å². The summed E-state index contributed by atoms with van der Waals surface area (Å²) in [5.41, 5.74) is -0.0161. The summed E-state index contributed by atoms with van der Waals surface area (Å²) in [5, 5.41) is 25.4. The molecule has 4 aromatic carbocycles. The van der Waals surface area contributed by atoms with Gasteiger partial charge in [0.15, 0.2) is 0 Å². The van der Waals surface area contributed by atoms with Gasteiger partial charge in [-0.15, -0.1) is 5.11 Å². The van der Waals surface area contributed by atoms with Crippen molar-refractivity contribution in [2.45, 2.75) is 11.8 Å². The Morgan fingerprint density at radius 3 is 2.34 bits per heavy atom. The van der Waals surface area contributed by atoms with Crippen molar-refractivity contribution in [1.82, 2.24) is 0 Å². The minimum absolute atomic E-state index is 0. The molecule has 0 fully saturated rings. The predicted octanol–water partition coefficient (Wildman–Crippen LogP) is 3.46. The SMILES string of the molecule is COc1ccc(NC(=O)c2cc3ccccc3c(N=Nc3c(Cl)ccc(S(=O)(=O)O)c3C)c2[O-])cc1Cl.[Na+]. The molecule has 2 N–H and O–H groups in total. The van der Waals surface area contributed by atoms with Crippen LogP contribution in [0, 0.1) is 6.92 Å². The quantitative estimate of drug-likeness (QED) is 0.203. The molecule has 0 aliphatic heterocycles. The first-order valence-corrected chi connectivity index (χ1v) is 12.8. The number of hydrogen-bond acceptors (Lipinski definition) is 7. The van der Waals surface area contributed by atoms with E-state index in [1.54, 1.807) is 36.4 Å². The van der Waals surface area contributed by atoms with Crippen molar-refractivity contribution in [3.8, 4) is 11.5 Å². The fraction of sp³-hybridized carbons (Fsp3) is 0.0800. The molecule has 13 heteroatoms. The number of carbonyl (C=O) groups is 1. The van der Waals surface area contributed by atoms with Gasteiger partial charge in [0.25, 0.3) is 16.0 Å². The average Bonchev–Trinajstić information content (AvgIpc) is 2.84. The van der Waals surface area contributed by atoms with Gasteiger partial charge in [0.1, 0.15) is 11.4 Å². The van der Waals surface area contributed by atoms with E-state index in [4.69, 9.17) is 27.9 Å². The number of fused-ring (bicyclic) bond motifs is 1. The molecule has 38 heavy (non-hydrogen) atoms. The maximum absolute atomic E-state index is 13.4. The second kappa shape index (κ2) is 12.0.